The summed E-state index contributed by atoms with van der Waals surface area (Å²) in [6.45, 7) is 0. The fourth-order valence-electron chi connectivity index (χ4n) is 3.91. The fraction of sp³-hybridized carbons (Fsp3) is 0.444. The number of rotatable bonds is 3. The summed E-state index contributed by atoms with van der Waals surface area (Å²) in [5, 5.41) is 6.60. The van der Waals surface area contributed by atoms with Crippen LogP contribution in [-0.4, -0.2) is 21.0 Å². The third-order valence-electron chi connectivity index (χ3n) is 4.98. The molecule has 2 fully saturated rings. The number of thiophene rings is 1. The molecule has 0 spiro atoms. The molecule has 1 saturated heterocycles. The van der Waals surface area contributed by atoms with E-state index in [2.05, 4.69) is 54.7 Å². The van der Waals surface area contributed by atoms with Gasteiger partial charge in [-0.3, -0.25) is 4.98 Å². The van der Waals surface area contributed by atoms with E-state index in [0.29, 0.717) is 6.04 Å². The van der Waals surface area contributed by atoms with Gasteiger partial charge in [-0.2, -0.15) is 0 Å². The van der Waals surface area contributed by atoms with Crippen LogP contribution in [0.3, 0.4) is 0 Å². The third kappa shape index (κ3) is 3.11. The molecule has 2 aromatic heterocycles. The summed E-state index contributed by atoms with van der Waals surface area (Å²) in [7, 11) is 0. The molecule has 1 saturated carbocycles. The molecule has 0 unspecified atom stereocenters. The van der Waals surface area contributed by atoms with Gasteiger partial charge in [0.1, 0.15) is 0 Å². The Bertz CT molecular complexity index is 712. The molecule has 3 nitrogen and oxygen atoms in total. The van der Waals surface area contributed by atoms with E-state index in [1.807, 2.05) is 12.3 Å². The molecular formula is C18H20BrN3S2. The van der Waals surface area contributed by atoms with E-state index in [1.54, 1.807) is 11.3 Å². The monoisotopic (exact) mass is 421 g/mol. The van der Waals surface area contributed by atoms with Crippen LogP contribution in [0.15, 0.2) is 40.3 Å². The number of thiocarbonyl (C=S) groups is 1. The Kier molecular flexibility index (Phi) is 4.88. The Morgan fingerprint density at radius 1 is 1.25 bits per heavy atom. The molecule has 126 valence electrons. The van der Waals surface area contributed by atoms with Crippen molar-refractivity contribution in [1.29, 1.82) is 0 Å². The number of nitrogens with zero attached hydrogens (tertiary/aromatic N) is 2. The summed E-state index contributed by atoms with van der Waals surface area (Å²) in [4.78, 5) is 8.41. The Morgan fingerprint density at radius 2 is 2.08 bits per heavy atom. The number of pyridine rings is 1. The standard InChI is InChI=1S/C18H20BrN3S2/c19-12-10-15(24-11-12)17-16(14-8-4-5-9-20-14)21-18(23)22(17)13-6-2-1-3-7-13/h4-5,8-11,13,16-17H,1-3,6-7H2,(H,21,23)/t16-,17+/m1/s1. The van der Waals surface area contributed by atoms with Crippen LogP contribution in [-0.2, 0) is 0 Å². The van der Waals surface area contributed by atoms with E-state index in [9.17, 15) is 0 Å². The Labute approximate surface area is 160 Å². The molecule has 0 amide bonds. The van der Waals surface area contributed by atoms with Crippen LogP contribution in [0.4, 0.5) is 0 Å². The first-order valence-corrected chi connectivity index (χ1v) is 10.6. The maximum atomic E-state index is 5.76. The molecule has 2 aromatic rings. The van der Waals surface area contributed by atoms with Gasteiger partial charge in [-0.05, 0) is 59.2 Å². The molecule has 0 aromatic carbocycles. The molecule has 0 bridgehead atoms. The summed E-state index contributed by atoms with van der Waals surface area (Å²) in [6.07, 6.45) is 8.30. The number of hydrogen-bond acceptors (Lipinski definition) is 3. The van der Waals surface area contributed by atoms with E-state index in [0.717, 1.165) is 15.3 Å². The van der Waals surface area contributed by atoms with Crippen molar-refractivity contribution >= 4 is 44.6 Å². The maximum absolute atomic E-state index is 5.76. The summed E-state index contributed by atoms with van der Waals surface area (Å²) in [6, 6.07) is 9.23. The number of nitrogens with one attached hydrogen (secondary N) is 1. The largest absolute Gasteiger partial charge is 0.352 e. The van der Waals surface area contributed by atoms with E-state index >= 15 is 0 Å². The van der Waals surface area contributed by atoms with Gasteiger partial charge in [0.25, 0.3) is 0 Å². The van der Waals surface area contributed by atoms with Crippen LogP contribution in [0.5, 0.6) is 0 Å². The second-order valence-electron chi connectivity index (χ2n) is 6.49. The minimum absolute atomic E-state index is 0.117. The van der Waals surface area contributed by atoms with Gasteiger partial charge in [0.2, 0.25) is 0 Å². The highest BCUT2D eigenvalue weighted by atomic mass is 79.9. The Hall–Kier alpha value is -0.980. The molecule has 2 atom stereocenters. The number of hydrogen-bond donors (Lipinski definition) is 1. The molecule has 0 radical (unpaired) electrons. The predicted octanol–water partition coefficient (Wildman–Crippen LogP) is 5.21. The number of aromatic nitrogens is 1. The topological polar surface area (TPSA) is 28.2 Å². The quantitative estimate of drug-likeness (QED) is 0.688. The van der Waals surface area contributed by atoms with Crippen LogP contribution in [0.25, 0.3) is 0 Å². The Morgan fingerprint density at radius 3 is 2.75 bits per heavy atom. The molecule has 1 aliphatic carbocycles. The van der Waals surface area contributed by atoms with Crippen LogP contribution >= 0.6 is 39.5 Å². The lowest BCUT2D eigenvalue weighted by Gasteiger charge is -2.36. The van der Waals surface area contributed by atoms with E-state index in [4.69, 9.17) is 12.2 Å². The first kappa shape index (κ1) is 16.5. The third-order valence-corrected chi connectivity index (χ3v) is 7.08. The van der Waals surface area contributed by atoms with Gasteiger partial charge < -0.3 is 10.2 Å². The average molecular weight is 422 g/mol. The molecule has 24 heavy (non-hydrogen) atoms. The highest BCUT2D eigenvalue weighted by Gasteiger charge is 2.43. The van der Waals surface area contributed by atoms with Crippen molar-refractivity contribution in [1.82, 2.24) is 15.2 Å². The van der Waals surface area contributed by atoms with Crippen molar-refractivity contribution in [3.8, 4) is 0 Å². The summed E-state index contributed by atoms with van der Waals surface area (Å²) >= 11 is 11.2. The van der Waals surface area contributed by atoms with Crippen molar-refractivity contribution in [2.75, 3.05) is 0 Å². The zero-order valence-corrected chi connectivity index (χ0v) is 16.5. The predicted molar refractivity (Wildman–Crippen MR) is 106 cm³/mol. The molecule has 1 aliphatic heterocycles. The van der Waals surface area contributed by atoms with Gasteiger partial charge in [-0.25, -0.2) is 0 Å². The molecule has 4 rings (SSSR count). The van der Waals surface area contributed by atoms with Gasteiger partial charge in [0.05, 0.1) is 17.8 Å². The highest BCUT2D eigenvalue weighted by Crippen LogP contribution is 2.44. The summed E-state index contributed by atoms with van der Waals surface area (Å²) < 4.78 is 1.14. The number of halogens is 1. The van der Waals surface area contributed by atoms with Crippen LogP contribution in [0.1, 0.15) is 54.8 Å². The van der Waals surface area contributed by atoms with Crippen LogP contribution in [0, 0.1) is 0 Å². The van der Waals surface area contributed by atoms with Gasteiger partial charge in [-0.1, -0.05) is 25.3 Å². The normalized spacial score (nSPS) is 25.0. The van der Waals surface area contributed by atoms with Gasteiger partial charge in [0.15, 0.2) is 5.11 Å². The zero-order valence-electron chi connectivity index (χ0n) is 13.3. The minimum atomic E-state index is 0.117. The maximum Gasteiger partial charge on any atom is 0.170 e. The second kappa shape index (κ2) is 7.10. The first-order chi connectivity index (χ1) is 11.7. The smallest absolute Gasteiger partial charge is 0.170 e. The SMILES string of the molecule is S=C1N[C@H](c2ccccn2)[C@H](c2cc(Br)cs2)N1C1CCCCC1. The van der Waals surface area contributed by atoms with E-state index in [-0.39, 0.29) is 12.1 Å². The van der Waals surface area contributed by atoms with Gasteiger partial charge in [-0.15, -0.1) is 11.3 Å². The molecule has 3 heterocycles. The molecule has 2 aliphatic rings. The zero-order chi connectivity index (χ0) is 16.5. The second-order valence-corrected chi connectivity index (χ2v) is 8.74. The average Bonchev–Trinajstić information content (AvgIpc) is 3.19. The van der Waals surface area contributed by atoms with Crippen molar-refractivity contribution in [2.24, 2.45) is 0 Å². The molecular weight excluding hydrogens is 402 g/mol. The lowest BCUT2D eigenvalue weighted by Crippen LogP contribution is -2.40. The van der Waals surface area contributed by atoms with Gasteiger partial charge >= 0.3 is 0 Å². The van der Waals surface area contributed by atoms with Crippen molar-refractivity contribution < 1.29 is 0 Å². The lowest BCUT2D eigenvalue weighted by atomic mass is 9.92. The fourth-order valence-corrected chi connectivity index (χ4v) is 5.87. The van der Waals surface area contributed by atoms with Crippen molar-refractivity contribution in [3.63, 3.8) is 0 Å². The summed E-state index contributed by atoms with van der Waals surface area (Å²) in [5.41, 5.74) is 1.06. The minimum Gasteiger partial charge on any atom is -0.352 e. The van der Waals surface area contributed by atoms with E-state index in [1.165, 1.54) is 37.0 Å². The van der Waals surface area contributed by atoms with Crippen molar-refractivity contribution in [2.45, 2.75) is 50.2 Å². The highest BCUT2D eigenvalue weighted by molar-refractivity contribution is 9.10. The molecule has 6 heteroatoms. The van der Waals surface area contributed by atoms with E-state index < -0.39 is 0 Å². The lowest BCUT2D eigenvalue weighted by molar-refractivity contribution is 0.199. The first-order valence-electron chi connectivity index (χ1n) is 8.48. The van der Waals surface area contributed by atoms with Gasteiger partial charge in [0, 0.05) is 27.0 Å². The van der Waals surface area contributed by atoms with Crippen LogP contribution < -0.4 is 5.32 Å². The molecule has 1 N–H and O–H groups in total. The van der Waals surface area contributed by atoms with Crippen LogP contribution in [0.2, 0.25) is 0 Å². The summed E-state index contributed by atoms with van der Waals surface area (Å²) in [5.74, 6) is 0. The Balaban J connectivity index is 1.73. The van der Waals surface area contributed by atoms with Crippen molar-refractivity contribution in [3.05, 3.63) is 50.9 Å².